The van der Waals surface area contributed by atoms with E-state index in [0.717, 1.165) is 0 Å². The van der Waals surface area contributed by atoms with Crippen LogP contribution in [0.3, 0.4) is 0 Å². The van der Waals surface area contributed by atoms with Crippen LogP contribution in [0.5, 0.6) is 0 Å². The molecule has 1 amide bonds. The number of benzene rings is 1. The number of carbonyl (C=O) groups is 1. The van der Waals surface area contributed by atoms with E-state index in [0.29, 0.717) is 17.1 Å². The summed E-state index contributed by atoms with van der Waals surface area (Å²) in [5.41, 5.74) is 0.679. The number of hydrogen-bond acceptors (Lipinski definition) is 1. The Balaban J connectivity index is 2.84. The van der Waals surface area contributed by atoms with E-state index in [4.69, 9.17) is 11.6 Å². The molecule has 0 fully saturated rings. The van der Waals surface area contributed by atoms with Gasteiger partial charge in [-0.25, -0.2) is 0 Å². The van der Waals surface area contributed by atoms with Crippen molar-refractivity contribution in [2.75, 3.05) is 5.32 Å². The van der Waals surface area contributed by atoms with Crippen molar-refractivity contribution in [1.29, 1.82) is 0 Å². The average molecular weight is 155 g/mol. The summed E-state index contributed by atoms with van der Waals surface area (Å²) < 4.78 is 0. The van der Waals surface area contributed by atoms with E-state index >= 15 is 0 Å². The smallest absolute Gasteiger partial charge is 0.211 e. The first kappa shape index (κ1) is 7.09. The van der Waals surface area contributed by atoms with Crippen molar-refractivity contribution >= 4 is 23.7 Å². The van der Waals surface area contributed by atoms with Crippen LogP contribution < -0.4 is 5.32 Å². The number of rotatable bonds is 2. The summed E-state index contributed by atoms with van der Waals surface area (Å²) in [4.78, 5) is 9.92. The van der Waals surface area contributed by atoms with E-state index < -0.39 is 0 Å². The lowest BCUT2D eigenvalue weighted by Gasteiger charge is -1.95. The molecule has 0 heterocycles. The van der Waals surface area contributed by atoms with Crippen LogP contribution in [0.1, 0.15) is 0 Å². The first-order chi connectivity index (χ1) is 4.83. The highest BCUT2D eigenvalue weighted by Crippen LogP contribution is 2.12. The highest BCUT2D eigenvalue weighted by Gasteiger charge is 1.89. The molecule has 2 nitrogen and oxygen atoms in total. The van der Waals surface area contributed by atoms with E-state index in [2.05, 4.69) is 11.4 Å². The molecule has 1 N–H and O–H groups in total. The van der Waals surface area contributed by atoms with Crippen molar-refractivity contribution in [1.82, 2.24) is 0 Å². The van der Waals surface area contributed by atoms with Gasteiger partial charge in [0.05, 0.1) is 5.02 Å². The van der Waals surface area contributed by atoms with Crippen LogP contribution in [-0.2, 0) is 4.79 Å². The Morgan fingerprint density at radius 2 is 2.50 bits per heavy atom. The van der Waals surface area contributed by atoms with Gasteiger partial charge in [-0.1, -0.05) is 17.7 Å². The molecule has 1 aromatic rings. The van der Waals surface area contributed by atoms with Crippen LogP contribution in [0.4, 0.5) is 5.69 Å². The van der Waals surface area contributed by atoms with E-state index in [9.17, 15) is 4.79 Å². The number of hydrogen-bond donors (Lipinski definition) is 1. The quantitative estimate of drug-likeness (QED) is 0.646. The molecule has 0 saturated carbocycles. The summed E-state index contributed by atoms with van der Waals surface area (Å²) in [5, 5.41) is 2.96. The number of carbonyl (C=O) groups excluding carboxylic acids is 1. The third-order valence-corrected chi connectivity index (χ3v) is 1.21. The largest absolute Gasteiger partial charge is 0.329 e. The topological polar surface area (TPSA) is 29.1 Å². The molecule has 0 aliphatic heterocycles. The second kappa shape index (κ2) is 3.22. The second-order valence-corrected chi connectivity index (χ2v) is 2.09. The van der Waals surface area contributed by atoms with Gasteiger partial charge in [0.1, 0.15) is 0 Å². The minimum absolute atomic E-state index is 0.492. The van der Waals surface area contributed by atoms with Gasteiger partial charge in [-0.15, -0.1) is 0 Å². The van der Waals surface area contributed by atoms with E-state index in [1.165, 1.54) is 0 Å². The van der Waals surface area contributed by atoms with Crippen molar-refractivity contribution < 1.29 is 4.79 Å². The fourth-order valence-electron chi connectivity index (χ4n) is 0.595. The van der Waals surface area contributed by atoms with Gasteiger partial charge in [0.2, 0.25) is 6.41 Å². The van der Waals surface area contributed by atoms with E-state index in [1.807, 2.05) is 0 Å². The molecule has 1 rings (SSSR count). The standard InChI is InChI=1S/C7H5ClNO/c8-6-2-1-3-7(4-6)9-5-10/h1,3-5H,(H,9,10). The van der Waals surface area contributed by atoms with Crippen LogP contribution in [-0.4, -0.2) is 6.41 Å². The predicted octanol–water partition coefficient (Wildman–Crippen LogP) is 1.71. The highest BCUT2D eigenvalue weighted by atomic mass is 35.5. The summed E-state index contributed by atoms with van der Waals surface area (Å²) in [6.07, 6.45) is 0.603. The Labute approximate surface area is 63.8 Å². The van der Waals surface area contributed by atoms with Crippen molar-refractivity contribution in [3.8, 4) is 0 Å². The number of anilines is 1. The molecule has 51 valence electrons. The van der Waals surface area contributed by atoms with Gasteiger partial charge in [-0.05, 0) is 12.1 Å². The summed E-state index contributed by atoms with van der Waals surface area (Å²) in [6, 6.07) is 7.72. The Kier molecular flexibility index (Phi) is 2.29. The maximum absolute atomic E-state index is 9.92. The first-order valence-electron chi connectivity index (χ1n) is 2.70. The van der Waals surface area contributed by atoms with Gasteiger partial charge in [0.15, 0.2) is 0 Å². The van der Waals surface area contributed by atoms with Gasteiger partial charge in [-0.2, -0.15) is 0 Å². The Morgan fingerprint density at radius 3 is 3.10 bits per heavy atom. The van der Waals surface area contributed by atoms with Crippen molar-refractivity contribution in [3.05, 3.63) is 29.3 Å². The molecule has 1 aromatic carbocycles. The Bertz CT molecular complexity index is 237. The zero-order valence-electron chi connectivity index (χ0n) is 5.10. The van der Waals surface area contributed by atoms with E-state index in [-0.39, 0.29) is 0 Å². The van der Waals surface area contributed by atoms with Crippen LogP contribution in [0.15, 0.2) is 18.2 Å². The van der Waals surface area contributed by atoms with Crippen molar-refractivity contribution in [2.24, 2.45) is 0 Å². The molecule has 0 aliphatic rings. The first-order valence-corrected chi connectivity index (χ1v) is 3.08. The highest BCUT2D eigenvalue weighted by molar-refractivity contribution is 6.30. The molecule has 0 aromatic heterocycles. The molecule has 0 bridgehead atoms. The van der Waals surface area contributed by atoms with Crippen molar-refractivity contribution in [2.45, 2.75) is 0 Å². The van der Waals surface area contributed by atoms with Crippen LogP contribution in [0.2, 0.25) is 5.02 Å². The summed E-state index contributed by atoms with van der Waals surface area (Å²) >= 11 is 5.57. The zero-order valence-corrected chi connectivity index (χ0v) is 5.85. The molecule has 0 spiro atoms. The van der Waals surface area contributed by atoms with Gasteiger partial charge in [0.25, 0.3) is 0 Å². The molecule has 0 aliphatic carbocycles. The lowest BCUT2D eigenvalue weighted by atomic mass is 10.3. The van der Waals surface area contributed by atoms with E-state index in [1.54, 1.807) is 18.2 Å². The maximum Gasteiger partial charge on any atom is 0.211 e. The summed E-state index contributed by atoms with van der Waals surface area (Å²) in [7, 11) is 0. The van der Waals surface area contributed by atoms with Gasteiger partial charge < -0.3 is 5.32 Å². The number of amides is 1. The second-order valence-electron chi connectivity index (χ2n) is 1.69. The minimum Gasteiger partial charge on any atom is -0.329 e. The fourth-order valence-corrected chi connectivity index (χ4v) is 0.776. The van der Waals surface area contributed by atoms with Crippen LogP contribution in [0.25, 0.3) is 0 Å². The molecule has 0 saturated heterocycles. The monoisotopic (exact) mass is 154 g/mol. The molecule has 0 atom stereocenters. The predicted molar refractivity (Wildman–Crippen MR) is 40.0 cm³/mol. The fraction of sp³-hybridized carbons (Fsp3) is 0. The molecule has 1 radical (unpaired) electrons. The Hall–Kier alpha value is -1.02. The van der Waals surface area contributed by atoms with Crippen molar-refractivity contribution in [3.63, 3.8) is 0 Å². The summed E-state index contributed by atoms with van der Waals surface area (Å²) in [6.45, 7) is 0. The molecule has 10 heavy (non-hydrogen) atoms. The average Bonchev–Trinajstić information content (AvgIpc) is 1.88. The van der Waals surface area contributed by atoms with Gasteiger partial charge in [0, 0.05) is 11.8 Å². The minimum atomic E-state index is 0.492. The molecular weight excluding hydrogens is 150 g/mol. The molecule has 3 heteroatoms. The normalized spacial score (nSPS) is 8.90. The molecular formula is C7H5ClNO. The SMILES string of the molecule is O=CNc1cc[c]c(Cl)c1. The summed E-state index contributed by atoms with van der Waals surface area (Å²) in [5.74, 6) is 0. The number of halogens is 1. The third-order valence-electron chi connectivity index (χ3n) is 0.992. The lowest BCUT2D eigenvalue weighted by Crippen LogP contribution is -1.92. The Morgan fingerprint density at radius 1 is 1.70 bits per heavy atom. The van der Waals surface area contributed by atoms with Gasteiger partial charge >= 0.3 is 0 Å². The van der Waals surface area contributed by atoms with Crippen LogP contribution in [0, 0.1) is 6.07 Å². The lowest BCUT2D eigenvalue weighted by molar-refractivity contribution is -0.105. The van der Waals surface area contributed by atoms with Gasteiger partial charge in [-0.3, -0.25) is 4.79 Å². The zero-order chi connectivity index (χ0) is 7.40. The maximum atomic E-state index is 9.92. The molecule has 0 unspecified atom stereocenters. The third kappa shape index (κ3) is 1.74. The van der Waals surface area contributed by atoms with Crippen LogP contribution >= 0.6 is 11.6 Å². The number of nitrogens with one attached hydrogen (secondary N) is 1.